The van der Waals surface area contributed by atoms with Crippen LogP contribution in [0.15, 0.2) is 39.9 Å². The molecule has 0 aromatic rings. The highest BCUT2D eigenvalue weighted by molar-refractivity contribution is 8.01. The van der Waals surface area contributed by atoms with Crippen molar-refractivity contribution in [3.63, 3.8) is 0 Å². The molecule has 1 aliphatic rings. The Morgan fingerprint density at radius 2 is 2.15 bits per heavy atom. The summed E-state index contributed by atoms with van der Waals surface area (Å²) in [6.45, 7) is 6.74. The van der Waals surface area contributed by atoms with Crippen molar-refractivity contribution >= 4 is 17.5 Å². The number of nitrogens with zero attached hydrogens (tertiary/aromatic N) is 2. The largest absolute Gasteiger partial charge is 0.329 e. The summed E-state index contributed by atoms with van der Waals surface area (Å²) in [6, 6.07) is 0. The standard InChI is InChI=1S/C16H27N3S/c1-4-8-15-14(9-6-7-12-20-3)13-19(11-10-17)18-16(15)5-2/h6-7,9,12H,4-5,8,10-11,13,17H2,1-3H3/b9-6+,12-7-. The number of rotatable bonds is 8. The fraction of sp³-hybridized carbons (Fsp3) is 0.562. The van der Waals surface area contributed by atoms with Crippen LogP contribution >= 0.6 is 11.8 Å². The second-order valence-corrected chi connectivity index (χ2v) is 5.50. The fourth-order valence-corrected chi connectivity index (χ4v) is 2.56. The molecule has 0 unspecified atom stereocenters. The Morgan fingerprint density at radius 3 is 2.75 bits per heavy atom. The first-order chi connectivity index (χ1) is 9.76. The number of thioether (sulfide) groups is 1. The van der Waals surface area contributed by atoms with E-state index in [1.807, 2.05) is 0 Å². The monoisotopic (exact) mass is 293 g/mol. The zero-order chi connectivity index (χ0) is 14.8. The van der Waals surface area contributed by atoms with Gasteiger partial charge < -0.3 is 5.73 Å². The molecule has 0 saturated heterocycles. The van der Waals surface area contributed by atoms with Crippen molar-refractivity contribution in [2.75, 3.05) is 25.9 Å². The van der Waals surface area contributed by atoms with Gasteiger partial charge in [0.2, 0.25) is 0 Å². The summed E-state index contributed by atoms with van der Waals surface area (Å²) < 4.78 is 0. The molecule has 1 aliphatic heterocycles. The first-order valence-electron chi connectivity index (χ1n) is 7.37. The minimum atomic E-state index is 0.646. The van der Waals surface area contributed by atoms with Crippen molar-refractivity contribution < 1.29 is 0 Å². The van der Waals surface area contributed by atoms with E-state index >= 15 is 0 Å². The Morgan fingerprint density at radius 1 is 1.35 bits per heavy atom. The normalized spacial score (nSPS) is 16.6. The Balaban J connectivity index is 2.98. The molecule has 0 radical (unpaired) electrons. The summed E-state index contributed by atoms with van der Waals surface area (Å²) in [5.74, 6) is 0. The zero-order valence-electron chi connectivity index (χ0n) is 12.9. The molecular weight excluding hydrogens is 266 g/mol. The van der Waals surface area contributed by atoms with Crippen molar-refractivity contribution in [1.29, 1.82) is 0 Å². The maximum Gasteiger partial charge on any atom is 0.0638 e. The molecule has 112 valence electrons. The lowest BCUT2D eigenvalue weighted by molar-refractivity contribution is 0.317. The molecule has 0 spiro atoms. The highest BCUT2D eigenvalue weighted by Gasteiger charge is 2.18. The summed E-state index contributed by atoms with van der Waals surface area (Å²) in [4.78, 5) is 0. The molecule has 0 saturated carbocycles. The lowest BCUT2D eigenvalue weighted by Gasteiger charge is -2.28. The minimum absolute atomic E-state index is 0.646. The molecule has 0 bridgehead atoms. The molecule has 0 atom stereocenters. The lowest BCUT2D eigenvalue weighted by atomic mass is 9.95. The van der Waals surface area contributed by atoms with Crippen molar-refractivity contribution in [3.05, 3.63) is 34.8 Å². The first-order valence-corrected chi connectivity index (χ1v) is 8.66. The lowest BCUT2D eigenvalue weighted by Crippen LogP contribution is -2.32. The molecule has 4 heteroatoms. The Kier molecular flexibility index (Phi) is 8.38. The maximum absolute atomic E-state index is 5.67. The smallest absolute Gasteiger partial charge is 0.0638 e. The van der Waals surface area contributed by atoms with E-state index in [1.165, 1.54) is 16.9 Å². The van der Waals surface area contributed by atoms with Gasteiger partial charge in [-0.15, -0.1) is 11.8 Å². The van der Waals surface area contributed by atoms with Crippen molar-refractivity contribution in [1.82, 2.24) is 5.01 Å². The van der Waals surface area contributed by atoms with Crippen LogP contribution in [0.1, 0.15) is 33.1 Å². The zero-order valence-corrected chi connectivity index (χ0v) is 13.7. The molecule has 1 heterocycles. The summed E-state index contributed by atoms with van der Waals surface area (Å²) in [7, 11) is 0. The molecule has 0 aromatic heterocycles. The maximum atomic E-state index is 5.67. The van der Waals surface area contributed by atoms with E-state index < -0.39 is 0 Å². The van der Waals surface area contributed by atoms with Gasteiger partial charge in [-0.05, 0) is 35.7 Å². The number of nitrogens with two attached hydrogens (primary N) is 1. The predicted octanol–water partition coefficient (Wildman–Crippen LogP) is 3.56. The Labute approximate surface area is 127 Å². The molecule has 2 N–H and O–H groups in total. The van der Waals surface area contributed by atoms with Gasteiger partial charge >= 0.3 is 0 Å². The van der Waals surface area contributed by atoms with Gasteiger partial charge in [0.15, 0.2) is 0 Å². The average molecular weight is 293 g/mol. The highest BCUT2D eigenvalue weighted by atomic mass is 32.2. The van der Waals surface area contributed by atoms with Gasteiger partial charge in [0.05, 0.1) is 12.3 Å². The van der Waals surface area contributed by atoms with E-state index in [-0.39, 0.29) is 0 Å². The van der Waals surface area contributed by atoms with E-state index in [9.17, 15) is 0 Å². The van der Waals surface area contributed by atoms with Gasteiger partial charge in [0.25, 0.3) is 0 Å². The van der Waals surface area contributed by atoms with E-state index in [4.69, 9.17) is 10.8 Å². The summed E-state index contributed by atoms with van der Waals surface area (Å²) >= 11 is 1.71. The topological polar surface area (TPSA) is 41.6 Å². The quantitative estimate of drug-likeness (QED) is 0.696. The minimum Gasteiger partial charge on any atom is -0.329 e. The molecule has 1 rings (SSSR count). The van der Waals surface area contributed by atoms with Crippen molar-refractivity contribution in [2.24, 2.45) is 10.8 Å². The summed E-state index contributed by atoms with van der Waals surface area (Å²) in [5.41, 5.74) is 9.70. The van der Waals surface area contributed by atoms with E-state index in [1.54, 1.807) is 11.8 Å². The van der Waals surface area contributed by atoms with Crippen LogP contribution in [-0.2, 0) is 0 Å². The van der Waals surface area contributed by atoms with E-state index in [0.717, 1.165) is 32.4 Å². The number of hydrogen-bond acceptors (Lipinski definition) is 4. The van der Waals surface area contributed by atoms with Crippen molar-refractivity contribution in [3.8, 4) is 0 Å². The Hall–Kier alpha value is -1.00. The fourth-order valence-electron chi connectivity index (χ4n) is 2.31. The third-order valence-electron chi connectivity index (χ3n) is 3.20. The second-order valence-electron chi connectivity index (χ2n) is 4.75. The van der Waals surface area contributed by atoms with Crippen molar-refractivity contribution in [2.45, 2.75) is 33.1 Å². The second kappa shape index (κ2) is 9.83. The molecule has 0 fully saturated rings. The molecule has 3 nitrogen and oxygen atoms in total. The SMILES string of the molecule is CCCC1=C(/C=C/C=C\SC)CN(CCN)N=C1CC. The summed E-state index contributed by atoms with van der Waals surface area (Å²) in [5, 5.41) is 8.92. The van der Waals surface area contributed by atoms with Crippen LogP contribution in [0.2, 0.25) is 0 Å². The first kappa shape index (κ1) is 17.1. The van der Waals surface area contributed by atoms with Crippen LogP contribution in [0.3, 0.4) is 0 Å². The molecule has 0 aromatic carbocycles. The van der Waals surface area contributed by atoms with Crippen LogP contribution < -0.4 is 5.73 Å². The van der Waals surface area contributed by atoms with Crippen LogP contribution in [0.5, 0.6) is 0 Å². The third kappa shape index (κ3) is 5.17. The molecular formula is C16H27N3S. The van der Waals surface area contributed by atoms with Gasteiger partial charge in [-0.2, -0.15) is 5.10 Å². The van der Waals surface area contributed by atoms with E-state index in [0.29, 0.717) is 6.54 Å². The average Bonchev–Trinajstić information content (AvgIpc) is 2.46. The Bertz CT molecular complexity index is 408. The number of allylic oxidation sites excluding steroid dienone is 3. The number of hydrogen-bond donors (Lipinski definition) is 1. The third-order valence-corrected chi connectivity index (χ3v) is 3.63. The van der Waals surface area contributed by atoms with Gasteiger partial charge in [-0.25, -0.2) is 0 Å². The van der Waals surface area contributed by atoms with Gasteiger partial charge in [-0.1, -0.05) is 38.5 Å². The van der Waals surface area contributed by atoms with Crippen LogP contribution in [-0.4, -0.2) is 36.6 Å². The van der Waals surface area contributed by atoms with Crippen LogP contribution in [0.4, 0.5) is 0 Å². The van der Waals surface area contributed by atoms with Crippen LogP contribution in [0, 0.1) is 0 Å². The molecule has 20 heavy (non-hydrogen) atoms. The van der Waals surface area contributed by atoms with Gasteiger partial charge in [0, 0.05) is 13.1 Å². The predicted molar refractivity (Wildman–Crippen MR) is 92.1 cm³/mol. The highest BCUT2D eigenvalue weighted by Crippen LogP contribution is 2.22. The van der Waals surface area contributed by atoms with Gasteiger partial charge in [0.1, 0.15) is 0 Å². The summed E-state index contributed by atoms with van der Waals surface area (Å²) in [6.07, 6.45) is 11.8. The number of hydrazone groups is 1. The van der Waals surface area contributed by atoms with Crippen LogP contribution in [0.25, 0.3) is 0 Å². The molecule has 0 aliphatic carbocycles. The van der Waals surface area contributed by atoms with Gasteiger partial charge in [-0.3, -0.25) is 5.01 Å². The molecule has 0 amide bonds. The van der Waals surface area contributed by atoms with E-state index in [2.05, 4.69) is 48.7 Å².